The van der Waals surface area contributed by atoms with Gasteiger partial charge in [-0.3, -0.25) is 4.98 Å². The molecule has 0 spiro atoms. The maximum absolute atomic E-state index is 13.0. The van der Waals surface area contributed by atoms with Gasteiger partial charge in [-0.05, 0) is 56.9 Å². The molecule has 0 N–H and O–H groups in total. The van der Waals surface area contributed by atoms with Crippen LogP contribution in [0.25, 0.3) is 0 Å². The summed E-state index contributed by atoms with van der Waals surface area (Å²) in [5, 5.41) is 0. The van der Waals surface area contributed by atoms with Crippen LogP contribution in [0, 0.1) is 6.92 Å². The number of sulfonamides is 1. The van der Waals surface area contributed by atoms with Gasteiger partial charge in [0, 0.05) is 24.5 Å². The molecule has 4 nitrogen and oxygen atoms in total. The summed E-state index contributed by atoms with van der Waals surface area (Å²) < 4.78 is 27.8. The average Bonchev–Trinajstić information content (AvgIpc) is 2.61. The van der Waals surface area contributed by atoms with Crippen molar-refractivity contribution >= 4 is 10.0 Å². The predicted molar refractivity (Wildman–Crippen MR) is 95.3 cm³/mol. The Balaban J connectivity index is 1.77. The molecule has 128 valence electrons. The second-order valence-corrected chi connectivity index (χ2v) is 8.33. The lowest BCUT2D eigenvalue weighted by Crippen LogP contribution is -2.43. The van der Waals surface area contributed by atoms with E-state index in [2.05, 4.69) is 4.98 Å². The zero-order valence-electron chi connectivity index (χ0n) is 14.1. The summed E-state index contributed by atoms with van der Waals surface area (Å²) in [6.45, 7) is 2.58. The van der Waals surface area contributed by atoms with Gasteiger partial charge in [0.05, 0.1) is 4.90 Å². The largest absolute Gasteiger partial charge is 0.261 e. The van der Waals surface area contributed by atoms with Crippen molar-refractivity contribution in [1.29, 1.82) is 0 Å². The second-order valence-electron chi connectivity index (χ2n) is 6.44. The normalized spacial score (nSPS) is 19.3. The van der Waals surface area contributed by atoms with Crippen LogP contribution in [0.15, 0.2) is 53.6 Å². The lowest BCUT2D eigenvalue weighted by atomic mass is 9.99. The minimum Gasteiger partial charge on any atom is -0.261 e. The standard InChI is InChI=1S/C19H24N2O2S/c1-16-8-12-19(13-9-16)24(22,23)21-15-5-3-7-18(21)11-10-17-6-2-4-14-20-17/h2,4,6,8-9,12-14,18H,3,5,7,10-11,15H2,1H3. The number of aryl methyl sites for hydroxylation is 2. The molecule has 0 saturated carbocycles. The maximum atomic E-state index is 13.0. The molecule has 0 bridgehead atoms. The summed E-state index contributed by atoms with van der Waals surface area (Å²) >= 11 is 0. The van der Waals surface area contributed by atoms with Crippen molar-refractivity contribution in [2.24, 2.45) is 0 Å². The van der Waals surface area contributed by atoms with Crippen molar-refractivity contribution in [1.82, 2.24) is 9.29 Å². The molecular formula is C19H24N2O2S. The summed E-state index contributed by atoms with van der Waals surface area (Å²) in [7, 11) is -3.42. The first-order valence-corrected chi connectivity index (χ1v) is 10.00. The molecule has 1 unspecified atom stereocenters. The summed E-state index contributed by atoms with van der Waals surface area (Å²) in [6, 6.07) is 13.1. The number of hydrogen-bond acceptors (Lipinski definition) is 3. The second kappa shape index (κ2) is 7.45. The van der Waals surface area contributed by atoms with Crippen LogP contribution in [0.4, 0.5) is 0 Å². The molecule has 0 aliphatic carbocycles. The van der Waals surface area contributed by atoms with E-state index < -0.39 is 10.0 Å². The Hall–Kier alpha value is -1.72. The molecule has 24 heavy (non-hydrogen) atoms. The van der Waals surface area contributed by atoms with Gasteiger partial charge >= 0.3 is 0 Å². The van der Waals surface area contributed by atoms with Gasteiger partial charge < -0.3 is 0 Å². The lowest BCUT2D eigenvalue weighted by molar-refractivity contribution is 0.240. The van der Waals surface area contributed by atoms with Crippen molar-refractivity contribution < 1.29 is 8.42 Å². The van der Waals surface area contributed by atoms with E-state index in [9.17, 15) is 8.42 Å². The van der Waals surface area contributed by atoms with Crippen LogP contribution >= 0.6 is 0 Å². The smallest absolute Gasteiger partial charge is 0.243 e. The Morgan fingerprint density at radius 2 is 1.92 bits per heavy atom. The third kappa shape index (κ3) is 3.84. The van der Waals surface area contributed by atoms with Gasteiger partial charge in [0.1, 0.15) is 0 Å². The van der Waals surface area contributed by atoms with Crippen molar-refractivity contribution in [3.8, 4) is 0 Å². The van der Waals surface area contributed by atoms with Gasteiger partial charge in [-0.1, -0.05) is 30.2 Å². The first-order chi connectivity index (χ1) is 11.6. The highest BCUT2D eigenvalue weighted by Crippen LogP contribution is 2.28. The van der Waals surface area contributed by atoms with Crippen LogP contribution in [-0.4, -0.2) is 30.3 Å². The molecule has 2 heterocycles. The van der Waals surface area contributed by atoms with Gasteiger partial charge in [0.15, 0.2) is 0 Å². The molecule has 2 aromatic rings. The highest BCUT2D eigenvalue weighted by molar-refractivity contribution is 7.89. The fraction of sp³-hybridized carbons (Fsp3) is 0.421. The van der Waals surface area contributed by atoms with E-state index >= 15 is 0 Å². The lowest BCUT2D eigenvalue weighted by Gasteiger charge is -2.34. The zero-order chi connectivity index (χ0) is 17.0. The van der Waals surface area contributed by atoms with Crippen LogP contribution in [0.1, 0.15) is 36.9 Å². The minimum absolute atomic E-state index is 0.0621. The van der Waals surface area contributed by atoms with E-state index in [0.717, 1.165) is 43.4 Å². The number of hydrogen-bond donors (Lipinski definition) is 0. The first kappa shape index (κ1) is 17.1. The van der Waals surface area contributed by atoms with Crippen molar-refractivity contribution in [2.75, 3.05) is 6.54 Å². The van der Waals surface area contributed by atoms with E-state index in [4.69, 9.17) is 0 Å². The summed E-state index contributed by atoms with van der Waals surface area (Å²) in [5.74, 6) is 0. The monoisotopic (exact) mass is 344 g/mol. The Morgan fingerprint density at radius 1 is 1.12 bits per heavy atom. The van der Waals surface area contributed by atoms with Gasteiger partial charge in [0.2, 0.25) is 10.0 Å². The van der Waals surface area contributed by atoms with Crippen LogP contribution < -0.4 is 0 Å². The van der Waals surface area contributed by atoms with E-state index in [0.29, 0.717) is 11.4 Å². The predicted octanol–water partition coefficient (Wildman–Crippen LogP) is 3.57. The highest BCUT2D eigenvalue weighted by Gasteiger charge is 2.33. The Bertz CT molecular complexity index is 758. The third-order valence-electron chi connectivity index (χ3n) is 4.66. The number of piperidine rings is 1. The number of nitrogens with zero attached hydrogens (tertiary/aromatic N) is 2. The molecule has 1 saturated heterocycles. The fourth-order valence-corrected chi connectivity index (χ4v) is 5.01. The van der Waals surface area contributed by atoms with Crippen LogP contribution in [-0.2, 0) is 16.4 Å². The van der Waals surface area contributed by atoms with Gasteiger partial charge in [-0.15, -0.1) is 0 Å². The van der Waals surface area contributed by atoms with E-state index in [1.807, 2.05) is 37.3 Å². The molecule has 1 aliphatic rings. The molecule has 3 rings (SSSR count). The molecule has 1 fully saturated rings. The molecule has 1 aliphatic heterocycles. The molecule has 0 amide bonds. The molecule has 0 radical (unpaired) electrons. The number of rotatable bonds is 5. The highest BCUT2D eigenvalue weighted by atomic mass is 32.2. The van der Waals surface area contributed by atoms with Gasteiger partial charge in [0.25, 0.3) is 0 Å². The quantitative estimate of drug-likeness (QED) is 0.833. The number of pyridine rings is 1. The average molecular weight is 344 g/mol. The summed E-state index contributed by atoms with van der Waals surface area (Å²) in [4.78, 5) is 4.75. The van der Waals surface area contributed by atoms with Crippen molar-refractivity contribution in [3.63, 3.8) is 0 Å². The van der Waals surface area contributed by atoms with Crippen molar-refractivity contribution in [2.45, 2.75) is 50.0 Å². The molecule has 5 heteroatoms. The maximum Gasteiger partial charge on any atom is 0.243 e. The van der Waals surface area contributed by atoms with E-state index in [1.165, 1.54) is 0 Å². The van der Waals surface area contributed by atoms with Crippen molar-refractivity contribution in [3.05, 3.63) is 59.9 Å². The SMILES string of the molecule is Cc1ccc(S(=O)(=O)N2CCCCC2CCc2ccccn2)cc1. The van der Waals surface area contributed by atoms with Crippen LogP contribution in [0.2, 0.25) is 0 Å². The Morgan fingerprint density at radius 3 is 2.62 bits per heavy atom. The molecule has 1 aromatic carbocycles. The minimum atomic E-state index is -3.42. The molecule has 1 aromatic heterocycles. The molecular weight excluding hydrogens is 320 g/mol. The molecule has 1 atom stereocenters. The topological polar surface area (TPSA) is 50.3 Å². The van der Waals surface area contributed by atoms with E-state index in [1.54, 1.807) is 22.6 Å². The number of benzene rings is 1. The zero-order valence-corrected chi connectivity index (χ0v) is 14.9. The van der Waals surface area contributed by atoms with E-state index in [-0.39, 0.29) is 6.04 Å². The first-order valence-electron chi connectivity index (χ1n) is 8.56. The van der Waals surface area contributed by atoms with Crippen LogP contribution in [0.3, 0.4) is 0 Å². The fourth-order valence-electron chi connectivity index (χ4n) is 3.29. The van der Waals surface area contributed by atoms with Crippen LogP contribution in [0.5, 0.6) is 0 Å². The Kier molecular flexibility index (Phi) is 5.31. The van der Waals surface area contributed by atoms with Gasteiger partial charge in [-0.25, -0.2) is 8.42 Å². The summed E-state index contributed by atoms with van der Waals surface area (Å²) in [5.41, 5.74) is 2.09. The Labute approximate surface area is 144 Å². The summed E-state index contributed by atoms with van der Waals surface area (Å²) in [6.07, 6.45) is 6.38. The number of aromatic nitrogens is 1. The third-order valence-corrected chi connectivity index (χ3v) is 6.63. The van der Waals surface area contributed by atoms with Gasteiger partial charge in [-0.2, -0.15) is 4.31 Å².